The first kappa shape index (κ1) is 11.4. The lowest BCUT2D eigenvalue weighted by molar-refractivity contribution is -0.139. The number of morpholine rings is 1. The lowest BCUT2D eigenvalue weighted by Crippen LogP contribution is -2.47. The van der Waals surface area contributed by atoms with Gasteiger partial charge < -0.3 is 20.1 Å². The molecular weight excluding hydrogens is 184 g/mol. The van der Waals surface area contributed by atoms with Gasteiger partial charge in [0.05, 0.1) is 12.7 Å². The Balaban J connectivity index is 2.20. The maximum absolute atomic E-state index is 10.5. The molecule has 0 spiro atoms. The van der Waals surface area contributed by atoms with E-state index >= 15 is 0 Å². The van der Waals surface area contributed by atoms with E-state index in [0.717, 1.165) is 19.7 Å². The second-order valence-electron chi connectivity index (χ2n) is 3.72. The molecule has 82 valence electrons. The molecule has 1 fully saturated rings. The van der Waals surface area contributed by atoms with Crippen molar-refractivity contribution in [2.75, 3.05) is 33.3 Å². The molecule has 0 aliphatic carbocycles. The van der Waals surface area contributed by atoms with E-state index in [1.54, 1.807) is 6.92 Å². The van der Waals surface area contributed by atoms with Crippen molar-refractivity contribution in [1.82, 2.24) is 10.2 Å². The molecular formula is C9H18N2O3. The van der Waals surface area contributed by atoms with Crippen molar-refractivity contribution in [3.05, 3.63) is 0 Å². The Morgan fingerprint density at radius 1 is 1.79 bits per heavy atom. The zero-order valence-electron chi connectivity index (χ0n) is 8.69. The molecule has 0 saturated carbocycles. The fourth-order valence-corrected chi connectivity index (χ4v) is 1.39. The second-order valence-corrected chi connectivity index (χ2v) is 3.72. The van der Waals surface area contributed by atoms with Gasteiger partial charge in [-0.05, 0) is 14.0 Å². The number of carboxylic acids is 1. The fraction of sp³-hybridized carbons (Fsp3) is 0.889. The first-order chi connectivity index (χ1) is 6.59. The molecule has 0 aromatic heterocycles. The normalized spacial score (nSPS) is 26.0. The van der Waals surface area contributed by atoms with Gasteiger partial charge >= 0.3 is 5.97 Å². The Hall–Kier alpha value is -0.650. The van der Waals surface area contributed by atoms with Gasteiger partial charge in [0.15, 0.2) is 0 Å². The fourth-order valence-electron chi connectivity index (χ4n) is 1.39. The molecule has 14 heavy (non-hydrogen) atoms. The zero-order valence-corrected chi connectivity index (χ0v) is 8.69. The van der Waals surface area contributed by atoms with Gasteiger partial charge in [-0.2, -0.15) is 0 Å². The summed E-state index contributed by atoms with van der Waals surface area (Å²) >= 11 is 0. The van der Waals surface area contributed by atoms with Crippen LogP contribution in [-0.2, 0) is 9.53 Å². The van der Waals surface area contributed by atoms with E-state index in [2.05, 4.69) is 10.2 Å². The summed E-state index contributed by atoms with van der Waals surface area (Å²) in [6.07, 6.45) is 0.107. The van der Waals surface area contributed by atoms with Gasteiger partial charge in [0.1, 0.15) is 6.04 Å². The number of aliphatic carboxylic acids is 1. The van der Waals surface area contributed by atoms with Crippen LogP contribution >= 0.6 is 0 Å². The summed E-state index contributed by atoms with van der Waals surface area (Å²) in [6, 6.07) is -0.508. The Bertz CT molecular complexity index is 198. The van der Waals surface area contributed by atoms with Gasteiger partial charge in [-0.25, -0.2) is 0 Å². The maximum atomic E-state index is 10.5. The van der Waals surface area contributed by atoms with Gasteiger partial charge in [-0.3, -0.25) is 4.79 Å². The van der Waals surface area contributed by atoms with Gasteiger partial charge in [0.25, 0.3) is 0 Å². The van der Waals surface area contributed by atoms with E-state index in [9.17, 15) is 4.79 Å². The molecule has 0 aromatic carbocycles. The molecule has 0 radical (unpaired) electrons. The van der Waals surface area contributed by atoms with Crippen LogP contribution in [0, 0.1) is 0 Å². The molecule has 2 N–H and O–H groups in total. The number of hydrogen-bond donors (Lipinski definition) is 2. The molecule has 5 heteroatoms. The van der Waals surface area contributed by atoms with Crippen molar-refractivity contribution >= 4 is 5.97 Å². The lowest BCUT2D eigenvalue weighted by Gasteiger charge is -2.30. The SMILES string of the molecule is C[C@@H](NCC1CN(C)CCO1)C(=O)O. The van der Waals surface area contributed by atoms with Crippen LogP contribution in [-0.4, -0.2) is 61.4 Å². The summed E-state index contributed by atoms with van der Waals surface area (Å²) < 4.78 is 5.48. The summed E-state index contributed by atoms with van der Waals surface area (Å²) in [4.78, 5) is 12.7. The molecule has 1 heterocycles. The smallest absolute Gasteiger partial charge is 0.320 e. The second kappa shape index (κ2) is 5.29. The average molecular weight is 202 g/mol. The summed E-state index contributed by atoms with van der Waals surface area (Å²) in [5, 5.41) is 11.6. The van der Waals surface area contributed by atoms with Crippen molar-refractivity contribution < 1.29 is 14.6 Å². The zero-order chi connectivity index (χ0) is 10.6. The van der Waals surface area contributed by atoms with Crippen LogP contribution in [0.1, 0.15) is 6.92 Å². The third kappa shape index (κ3) is 3.61. The Morgan fingerprint density at radius 2 is 2.50 bits per heavy atom. The molecule has 1 aliphatic rings. The third-order valence-electron chi connectivity index (χ3n) is 2.36. The first-order valence-corrected chi connectivity index (χ1v) is 4.86. The highest BCUT2D eigenvalue weighted by atomic mass is 16.5. The number of carbonyl (C=O) groups is 1. The van der Waals surface area contributed by atoms with Crippen molar-refractivity contribution in [1.29, 1.82) is 0 Å². The largest absolute Gasteiger partial charge is 0.480 e. The van der Waals surface area contributed by atoms with Crippen LogP contribution in [0.5, 0.6) is 0 Å². The Kier molecular flexibility index (Phi) is 4.31. The quantitative estimate of drug-likeness (QED) is 0.636. The molecule has 1 unspecified atom stereocenters. The molecule has 2 atom stereocenters. The number of carboxylic acid groups (broad SMARTS) is 1. The maximum Gasteiger partial charge on any atom is 0.320 e. The molecule has 0 bridgehead atoms. The van der Waals surface area contributed by atoms with E-state index in [-0.39, 0.29) is 6.10 Å². The molecule has 1 rings (SSSR count). The van der Waals surface area contributed by atoms with Crippen LogP contribution in [0.25, 0.3) is 0 Å². The highest BCUT2D eigenvalue weighted by Gasteiger charge is 2.19. The highest BCUT2D eigenvalue weighted by molar-refractivity contribution is 5.72. The summed E-state index contributed by atoms with van der Waals surface area (Å²) in [5.41, 5.74) is 0. The molecule has 0 amide bonds. The topological polar surface area (TPSA) is 61.8 Å². The lowest BCUT2D eigenvalue weighted by atomic mass is 10.2. The monoisotopic (exact) mass is 202 g/mol. The van der Waals surface area contributed by atoms with E-state index < -0.39 is 12.0 Å². The highest BCUT2D eigenvalue weighted by Crippen LogP contribution is 2.01. The Morgan fingerprint density at radius 3 is 3.07 bits per heavy atom. The number of nitrogens with one attached hydrogen (secondary N) is 1. The predicted molar refractivity (Wildman–Crippen MR) is 52.3 cm³/mol. The van der Waals surface area contributed by atoms with Crippen molar-refractivity contribution in [3.63, 3.8) is 0 Å². The molecule has 5 nitrogen and oxygen atoms in total. The van der Waals surface area contributed by atoms with E-state index in [1.807, 2.05) is 7.05 Å². The minimum Gasteiger partial charge on any atom is -0.480 e. The number of ether oxygens (including phenoxy) is 1. The molecule has 0 aromatic rings. The van der Waals surface area contributed by atoms with Gasteiger partial charge in [0, 0.05) is 19.6 Å². The minimum atomic E-state index is -0.825. The third-order valence-corrected chi connectivity index (χ3v) is 2.36. The number of hydrogen-bond acceptors (Lipinski definition) is 4. The first-order valence-electron chi connectivity index (χ1n) is 4.86. The van der Waals surface area contributed by atoms with Crippen LogP contribution in [0.4, 0.5) is 0 Å². The predicted octanol–water partition coefficient (Wildman–Crippen LogP) is -0.620. The van der Waals surface area contributed by atoms with E-state index in [0.29, 0.717) is 6.54 Å². The number of rotatable bonds is 4. The van der Waals surface area contributed by atoms with Crippen LogP contribution in [0.3, 0.4) is 0 Å². The van der Waals surface area contributed by atoms with Crippen LogP contribution < -0.4 is 5.32 Å². The summed E-state index contributed by atoms with van der Waals surface area (Å²) in [6.45, 7) is 4.77. The van der Waals surface area contributed by atoms with Crippen LogP contribution in [0.2, 0.25) is 0 Å². The van der Waals surface area contributed by atoms with Crippen molar-refractivity contribution in [2.24, 2.45) is 0 Å². The van der Waals surface area contributed by atoms with Crippen molar-refractivity contribution in [3.8, 4) is 0 Å². The van der Waals surface area contributed by atoms with Gasteiger partial charge in [-0.15, -0.1) is 0 Å². The number of nitrogens with zero attached hydrogens (tertiary/aromatic N) is 1. The van der Waals surface area contributed by atoms with Gasteiger partial charge in [0.2, 0.25) is 0 Å². The van der Waals surface area contributed by atoms with E-state index in [4.69, 9.17) is 9.84 Å². The average Bonchev–Trinajstić information content (AvgIpc) is 2.14. The van der Waals surface area contributed by atoms with Crippen LogP contribution in [0.15, 0.2) is 0 Å². The minimum absolute atomic E-state index is 0.107. The summed E-state index contributed by atoms with van der Waals surface area (Å²) in [5.74, 6) is -0.825. The van der Waals surface area contributed by atoms with Crippen molar-refractivity contribution in [2.45, 2.75) is 19.1 Å². The summed E-state index contributed by atoms with van der Waals surface area (Å²) in [7, 11) is 2.04. The number of likely N-dealkylation sites (N-methyl/N-ethyl adjacent to an activating group) is 1. The molecule has 1 saturated heterocycles. The standard InChI is InChI=1S/C9H18N2O3/c1-7(9(12)13)10-5-8-6-11(2)3-4-14-8/h7-8,10H,3-6H2,1-2H3,(H,12,13)/t7-,8?/m1/s1. The molecule has 1 aliphatic heterocycles. The van der Waals surface area contributed by atoms with E-state index in [1.165, 1.54) is 0 Å². The Labute approximate surface area is 84.0 Å². The van der Waals surface area contributed by atoms with Gasteiger partial charge in [-0.1, -0.05) is 0 Å².